The standard InChI is InChI=1S/C20H31N7O/c1-12(2)16-9-23-26(6)17(16)10-22-15-7-8-27(11-15)19-13(3)14(4)24-18(25-19)20(28)21-5/h9,12,15,22H,7-8,10-11H2,1-6H3,(H,21,28)/t15-/m1/s1. The van der Waals surface area contributed by atoms with Crippen molar-refractivity contribution in [1.82, 2.24) is 30.4 Å². The summed E-state index contributed by atoms with van der Waals surface area (Å²) in [5.41, 5.74) is 4.41. The van der Waals surface area contributed by atoms with Gasteiger partial charge in [-0.2, -0.15) is 5.10 Å². The van der Waals surface area contributed by atoms with Crippen LogP contribution >= 0.6 is 0 Å². The van der Waals surface area contributed by atoms with Crippen LogP contribution < -0.4 is 15.5 Å². The molecule has 2 aromatic rings. The fourth-order valence-electron chi connectivity index (χ4n) is 3.67. The number of anilines is 1. The molecule has 0 radical (unpaired) electrons. The van der Waals surface area contributed by atoms with Crippen LogP contribution in [0.1, 0.15) is 59.3 Å². The van der Waals surface area contributed by atoms with Crippen LogP contribution in [0.2, 0.25) is 0 Å². The van der Waals surface area contributed by atoms with Crippen LogP contribution in [0, 0.1) is 13.8 Å². The van der Waals surface area contributed by atoms with Crippen molar-refractivity contribution in [2.45, 2.75) is 52.6 Å². The number of aromatic nitrogens is 4. The fraction of sp³-hybridized carbons (Fsp3) is 0.600. The quantitative estimate of drug-likeness (QED) is 0.787. The van der Waals surface area contributed by atoms with E-state index in [0.29, 0.717) is 12.0 Å². The summed E-state index contributed by atoms with van der Waals surface area (Å²) in [5, 5.41) is 10.7. The molecule has 3 rings (SSSR count). The smallest absolute Gasteiger partial charge is 0.288 e. The number of amides is 1. The highest BCUT2D eigenvalue weighted by Gasteiger charge is 2.26. The molecule has 2 N–H and O–H groups in total. The molecule has 0 aromatic carbocycles. The van der Waals surface area contributed by atoms with Crippen molar-refractivity contribution in [2.24, 2.45) is 7.05 Å². The molecule has 0 bridgehead atoms. The van der Waals surface area contributed by atoms with Crippen molar-refractivity contribution >= 4 is 11.7 Å². The lowest BCUT2D eigenvalue weighted by Gasteiger charge is -2.21. The molecular formula is C20H31N7O. The van der Waals surface area contributed by atoms with Gasteiger partial charge in [0.1, 0.15) is 5.82 Å². The summed E-state index contributed by atoms with van der Waals surface area (Å²) in [6.45, 7) is 10.9. The molecule has 0 aliphatic carbocycles. The highest BCUT2D eigenvalue weighted by molar-refractivity contribution is 5.90. The molecule has 1 atom stereocenters. The Labute approximate surface area is 166 Å². The summed E-state index contributed by atoms with van der Waals surface area (Å²) < 4.78 is 1.96. The maximum atomic E-state index is 12.0. The molecule has 1 aliphatic rings. The maximum absolute atomic E-state index is 12.0. The van der Waals surface area contributed by atoms with E-state index in [2.05, 4.69) is 44.4 Å². The molecule has 1 amide bonds. The van der Waals surface area contributed by atoms with Crippen molar-refractivity contribution in [3.8, 4) is 0 Å². The van der Waals surface area contributed by atoms with E-state index in [1.54, 1.807) is 7.05 Å². The van der Waals surface area contributed by atoms with Gasteiger partial charge in [-0.05, 0) is 31.7 Å². The third-order valence-electron chi connectivity index (χ3n) is 5.56. The first kappa shape index (κ1) is 20.3. The molecule has 1 aliphatic heterocycles. The van der Waals surface area contributed by atoms with Crippen LogP contribution in [0.3, 0.4) is 0 Å². The summed E-state index contributed by atoms with van der Waals surface area (Å²) in [6.07, 6.45) is 3.00. The van der Waals surface area contributed by atoms with E-state index in [4.69, 9.17) is 0 Å². The summed E-state index contributed by atoms with van der Waals surface area (Å²) in [7, 11) is 3.59. The molecule has 0 saturated carbocycles. The van der Waals surface area contributed by atoms with E-state index in [9.17, 15) is 4.79 Å². The molecule has 1 fully saturated rings. The second kappa shape index (κ2) is 8.26. The van der Waals surface area contributed by atoms with E-state index in [0.717, 1.165) is 43.1 Å². The van der Waals surface area contributed by atoms with Gasteiger partial charge in [0, 0.05) is 51.0 Å². The van der Waals surface area contributed by atoms with Crippen molar-refractivity contribution < 1.29 is 4.79 Å². The van der Waals surface area contributed by atoms with Gasteiger partial charge in [0.25, 0.3) is 5.91 Å². The Kier molecular flexibility index (Phi) is 5.98. The van der Waals surface area contributed by atoms with Crippen LogP contribution in [0.5, 0.6) is 0 Å². The molecule has 0 spiro atoms. The second-order valence-electron chi connectivity index (χ2n) is 7.80. The van der Waals surface area contributed by atoms with Crippen LogP contribution in [-0.2, 0) is 13.6 Å². The summed E-state index contributed by atoms with van der Waals surface area (Å²) in [4.78, 5) is 23.1. The van der Waals surface area contributed by atoms with E-state index < -0.39 is 0 Å². The predicted molar refractivity (Wildman–Crippen MR) is 110 cm³/mol. The molecule has 8 heteroatoms. The number of hydrogen-bond donors (Lipinski definition) is 2. The van der Waals surface area contributed by atoms with Gasteiger partial charge < -0.3 is 15.5 Å². The number of aryl methyl sites for hydroxylation is 2. The SMILES string of the molecule is CNC(=O)c1nc(C)c(C)c(N2CC[C@@H](NCc3c(C(C)C)cnn3C)C2)n1. The Morgan fingerprint density at radius 1 is 1.32 bits per heavy atom. The van der Waals surface area contributed by atoms with Crippen LogP contribution in [0.4, 0.5) is 5.82 Å². The van der Waals surface area contributed by atoms with Gasteiger partial charge in [-0.25, -0.2) is 9.97 Å². The number of rotatable bonds is 6. The molecular weight excluding hydrogens is 354 g/mol. The number of nitrogens with one attached hydrogen (secondary N) is 2. The van der Waals surface area contributed by atoms with Gasteiger partial charge in [0.15, 0.2) is 0 Å². The highest BCUT2D eigenvalue weighted by atomic mass is 16.2. The average molecular weight is 386 g/mol. The summed E-state index contributed by atoms with van der Waals surface area (Å²) in [6, 6.07) is 0.369. The van der Waals surface area contributed by atoms with Crippen LogP contribution in [0.25, 0.3) is 0 Å². The van der Waals surface area contributed by atoms with Crippen LogP contribution in [-0.4, -0.2) is 51.8 Å². The van der Waals surface area contributed by atoms with E-state index >= 15 is 0 Å². The van der Waals surface area contributed by atoms with Gasteiger partial charge in [-0.15, -0.1) is 0 Å². The van der Waals surface area contributed by atoms with Gasteiger partial charge in [0.05, 0.1) is 11.9 Å². The zero-order valence-corrected chi connectivity index (χ0v) is 17.7. The fourth-order valence-corrected chi connectivity index (χ4v) is 3.67. The molecule has 0 unspecified atom stereocenters. The topological polar surface area (TPSA) is 88.0 Å². The van der Waals surface area contributed by atoms with Gasteiger partial charge in [-0.3, -0.25) is 9.48 Å². The zero-order chi connectivity index (χ0) is 20.4. The van der Waals surface area contributed by atoms with Crippen molar-refractivity contribution in [1.29, 1.82) is 0 Å². The Morgan fingerprint density at radius 3 is 2.75 bits per heavy atom. The van der Waals surface area contributed by atoms with Gasteiger partial charge >= 0.3 is 0 Å². The Balaban J connectivity index is 1.70. The van der Waals surface area contributed by atoms with Crippen LogP contribution in [0.15, 0.2) is 6.20 Å². The minimum atomic E-state index is -0.254. The minimum absolute atomic E-state index is 0.230. The van der Waals surface area contributed by atoms with Crippen molar-refractivity contribution in [2.75, 3.05) is 25.0 Å². The Hall–Kier alpha value is -2.48. The molecule has 3 heterocycles. The summed E-state index contributed by atoms with van der Waals surface area (Å²) >= 11 is 0. The predicted octanol–water partition coefficient (Wildman–Crippen LogP) is 1.68. The third-order valence-corrected chi connectivity index (χ3v) is 5.56. The average Bonchev–Trinajstić information content (AvgIpc) is 3.28. The van der Waals surface area contributed by atoms with E-state index in [-0.39, 0.29) is 11.7 Å². The number of hydrogen-bond acceptors (Lipinski definition) is 6. The van der Waals surface area contributed by atoms with Gasteiger partial charge in [-0.1, -0.05) is 13.8 Å². The minimum Gasteiger partial charge on any atom is -0.355 e. The maximum Gasteiger partial charge on any atom is 0.288 e. The lowest BCUT2D eigenvalue weighted by molar-refractivity contribution is 0.0952. The first-order valence-corrected chi connectivity index (χ1v) is 9.88. The number of carbonyl (C=O) groups excluding carboxylic acids is 1. The normalized spacial score (nSPS) is 16.8. The first-order valence-electron chi connectivity index (χ1n) is 9.88. The van der Waals surface area contributed by atoms with Crippen molar-refractivity contribution in [3.05, 3.63) is 34.5 Å². The first-order chi connectivity index (χ1) is 13.3. The largest absolute Gasteiger partial charge is 0.355 e. The highest BCUT2D eigenvalue weighted by Crippen LogP contribution is 2.25. The lowest BCUT2D eigenvalue weighted by atomic mass is 10.0. The van der Waals surface area contributed by atoms with E-state index in [1.165, 1.54) is 11.3 Å². The van der Waals surface area contributed by atoms with Gasteiger partial charge in [0.2, 0.25) is 5.82 Å². The second-order valence-corrected chi connectivity index (χ2v) is 7.80. The summed E-state index contributed by atoms with van der Waals surface area (Å²) in [5.74, 6) is 1.29. The third kappa shape index (κ3) is 4.01. The molecule has 1 saturated heterocycles. The lowest BCUT2D eigenvalue weighted by Crippen LogP contribution is -2.34. The molecule has 8 nitrogen and oxygen atoms in total. The number of carbonyl (C=O) groups is 1. The van der Waals surface area contributed by atoms with E-state index in [1.807, 2.05) is 31.8 Å². The molecule has 28 heavy (non-hydrogen) atoms. The zero-order valence-electron chi connectivity index (χ0n) is 17.7. The monoisotopic (exact) mass is 385 g/mol. The molecule has 152 valence electrons. The van der Waals surface area contributed by atoms with Crippen molar-refractivity contribution in [3.63, 3.8) is 0 Å². The Bertz CT molecular complexity index is 858. The Morgan fingerprint density at radius 2 is 2.07 bits per heavy atom. The molecule has 2 aromatic heterocycles. The number of nitrogens with zero attached hydrogens (tertiary/aromatic N) is 5.